The lowest BCUT2D eigenvalue weighted by Gasteiger charge is -2.33. The fraction of sp³-hybridized carbons (Fsp3) is 1.00. The van der Waals surface area contributed by atoms with Gasteiger partial charge in [-0.3, -0.25) is 0 Å². The molecule has 0 radical (unpaired) electrons. The topological polar surface area (TPSA) is 20.2 Å². The zero-order valence-electron chi connectivity index (χ0n) is 9.41. The molecular weight excluding hydrogens is 172 g/mol. The van der Waals surface area contributed by atoms with E-state index < -0.39 is 0 Å². The summed E-state index contributed by atoms with van der Waals surface area (Å²) in [5.41, 5.74) is 0. The fourth-order valence-electron chi connectivity index (χ4n) is 3.61. The maximum Gasteiger partial charge on any atom is 0.0571 e. The molecule has 2 saturated carbocycles. The molecule has 0 saturated heterocycles. The lowest BCUT2D eigenvalue weighted by Crippen LogP contribution is -2.27. The van der Waals surface area contributed by atoms with Gasteiger partial charge in [0.15, 0.2) is 0 Å². The molecule has 1 N–H and O–H groups in total. The van der Waals surface area contributed by atoms with Gasteiger partial charge in [-0.1, -0.05) is 39.0 Å². The van der Waals surface area contributed by atoms with Crippen LogP contribution in [0.25, 0.3) is 0 Å². The van der Waals surface area contributed by atoms with Gasteiger partial charge in [0.05, 0.1) is 6.10 Å². The summed E-state index contributed by atoms with van der Waals surface area (Å²) >= 11 is 0. The fourth-order valence-corrected chi connectivity index (χ4v) is 3.61. The van der Waals surface area contributed by atoms with Crippen LogP contribution in [0.4, 0.5) is 0 Å². The molecule has 0 heterocycles. The van der Waals surface area contributed by atoms with Gasteiger partial charge in [-0.15, -0.1) is 0 Å². The highest BCUT2D eigenvalue weighted by atomic mass is 16.3. The molecule has 0 aliphatic heterocycles. The number of hydrogen-bond donors (Lipinski definition) is 1. The van der Waals surface area contributed by atoms with Gasteiger partial charge < -0.3 is 5.11 Å². The largest absolute Gasteiger partial charge is 0.393 e. The van der Waals surface area contributed by atoms with Crippen LogP contribution < -0.4 is 0 Å². The van der Waals surface area contributed by atoms with Gasteiger partial charge in [-0.2, -0.15) is 0 Å². The van der Waals surface area contributed by atoms with Gasteiger partial charge in [-0.05, 0) is 37.0 Å². The number of aliphatic hydroxyl groups is 1. The van der Waals surface area contributed by atoms with Crippen molar-refractivity contribution < 1.29 is 5.11 Å². The summed E-state index contributed by atoms with van der Waals surface area (Å²) in [6.45, 7) is 2.32. The van der Waals surface area contributed by atoms with Crippen molar-refractivity contribution in [2.75, 3.05) is 0 Å². The minimum Gasteiger partial charge on any atom is -0.393 e. The number of rotatable bonds is 2. The monoisotopic (exact) mass is 196 g/mol. The molecule has 2 aliphatic rings. The molecule has 0 aromatic carbocycles. The Kier molecular flexibility index (Phi) is 3.48. The first kappa shape index (κ1) is 10.5. The van der Waals surface area contributed by atoms with Gasteiger partial charge in [0.2, 0.25) is 0 Å². The van der Waals surface area contributed by atoms with Crippen LogP contribution in [0.3, 0.4) is 0 Å². The van der Waals surface area contributed by atoms with Crippen LogP contribution in [-0.2, 0) is 0 Å². The first-order valence-corrected chi connectivity index (χ1v) is 6.49. The molecular formula is C13H24O. The summed E-state index contributed by atoms with van der Waals surface area (Å²) in [4.78, 5) is 0. The highest BCUT2D eigenvalue weighted by Gasteiger charge is 2.34. The summed E-state index contributed by atoms with van der Waals surface area (Å²) in [5.74, 6) is 2.47. The highest BCUT2D eigenvalue weighted by molar-refractivity contribution is 4.85. The van der Waals surface area contributed by atoms with Crippen LogP contribution in [0.1, 0.15) is 58.3 Å². The van der Waals surface area contributed by atoms with Crippen LogP contribution >= 0.6 is 0 Å². The first-order valence-electron chi connectivity index (χ1n) is 6.49. The van der Waals surface area contributed by atoms with Crippen LogP contribution in [0.15, 0.2) is 0 Å². The van der Waals surface area contributed by atoms with Gasteiger partial charge in [-0.25, -0.2) is 0 Å². The second-order valence-electron chi connectivity index (χ2n) is 5.36. The Bertz CT molecular complexity index is 178. The molecule has 4 unspecified atom stereocenters. The summed E-state index contributed by atoms with van der Waals surface area (Å²) in [6, 6.07) is 0. The minimum atomic E-state index is 0.0376. The van der Waals surface area contributed by atoms with E-state index in [1.165, 1.54) is 44.9 Å². The quantitative estimate of drug-likeness (QED) is 0.718. The number of hydrogen-bond acceptors (Lipinski definition) is 1. The van der Waals surface area contributed by atoms with Crippen LogP contribution in [0.2, 0.25) is 0 Å². The third-order valence-electron chi connectivity index (χ3n) is 4.54. The van der Waals surface area contributed by atoms with E-state index in [0.29, 0.717) is 5.92 Å². The normalized spacial score (nSPS) is 44.1. The van der Waals surface area contributed by atoms with E-state index in [9.17, 15) is 5.11 Å². The molecule has 0 spiro atoms. The molecule has 0 bridgehead atoms. The third kappa shape index (κ3) is 2.13. The maximum absolute atomic E-state index is 9.90. The van der Waals surface area contributed by atoms with Crippen molar-refractivity contribution in [2.24, 2.45) is 17.8 Å². The molecule has 82 valence electrons. The van der Waals surface area contributed by atoms with Gasteiger partial charge in [0.1, 0.15) is 0 Å². The number of aliphatic hydroxyl groups excluding tert-OH is 1. The SMILES string of the molecule is CCC1CCCC(C2CCCC2O)C1. The zero-order valence-corrected chi connectivity index (χ0v) is 9.41. The summed E-state index contributed by atoms with van der Waals surface area (Å²) in [7, 11) is 0. The molecule has 2 rings (SSSR count). The van der Waals surface area contributed by atoms with Crippen LogP contribution in [0, 0.1) is 17.8 Å². The average Bonchev–Trinajstić information content (AvgIpc) is 2.65. The molecule has 0 aromatic rings. The lowest BCUT2D eigenvalue weighted by atomic mass is 9.73. The maximum atomic E-state index is 9.90. The van der Waals surface area contributed by atoms with Crippen LogP contribution in [-0.4, -0.2) is 11.2 Å². The van der Waals surface area contributed by atoms with Crippen molar-refractivity contribution in [1.82, 2.24) is 0 Å². The second-order valence-corrected chi connectivity index (χ2v) is 5.36. The molecule has 2 aliphatic carbocycles. The smallest absolute Gasteiger partial charge is 0.0571 e. The predicted molar refractivity (Wildman–Crippen MR) is 59.1 cm³/mol. The van der Waals surface area contributed by atoms with Crippen molar-refractivity contribution in [3.05, 3.63) is 0 Å². The van der Waals surface area contributed by atoms with Crippen molar-refractivity contribution in [1.29, 1.82) is 0 Å². The zero-order chi connectivity index (χ0) is 9.97. The Hall–Kier alpha value is -0.0400. The van der Waals surface area contributed by atoms with Crippen LogP contribution in [0.5, 0.6) is 0 Å². The average molecular weight is 196 g/mol. The summed E-state index contributed by atoms with van der Waals surface area (Å²) < 4.78 is 0. The second kappa shape index (κ2) is 4.65. The Morgan fingerprint density at radius 1 is 1.07 bits per heavy atom. The molecule has 4 atom stereocenters. The lowest BCUT2D eigenvalue weighted by molar-refractivity contribution is 0.0713. The van der Waals surface area contributed by atoms with Crippen molar-refractivity contribution in [3.8, 4) is 0 Å². The van der Waals surface area contributed by atoms with Crippen molar-refractivity contribution in [2.45, 2.75) is 64.4 Å². The van der Waals surface area contributed by atoms with E-state index >= 15 is 0 Å². The van der Waals surface area contributed by atoms with E-state index in [2.05, 4.69) is 6.92 Å². The standard InChI is InChI=1S/C13H24O/c1-2-10-5-3-6-11(9-10)12-7-4-8-13(12)14/h10-14H,2-9H2,1H3. The van der Waals surface area contributed by atoms with Gasteiger partial charge >= 0.3 is 0 Å². The first-order chi connectivity index (χ1) is 6.81. The molecule has 1 heteroatoms. The summed E-state index contributed by atoms with van der Waals surface area (Å²) in [6.07, 6.45) is 10.6. The Morgan fingerprint density at radius 2 is 1.86 bits per heavy atom. The molecule has 0 aromatic heterocycles. The predicted octanol–water partition coefficient (Wildman–Crippen LogP) is 3.36. The van der Waals surface area contributed by atoms with E-state index in [-0.39, 0.29) is 6.10 Å². The Morgan fingerprint density at radius 3 is 2.50 bits per heavy atom. The van der Waals surface area contributed by atoms with E-state index in [1.807, 2.05) is 0 Å². The Balaban J connectivity index is 1.90. The van der Waals surface area contributed by atoms with E-state index in [0.717, 1.165) is 18.3 Å². The minimum absolute atomic E-state index is 0.0376. The Labute approximate surface area is 87.9 Å². The van der Waals surface area contributed by atoms with Gasteiger partial charge in [0, 0.05) is 0 Å². The van der Waals surface area contributed by atoms with Gasteiger partial charge in [0.25, 0.3) is 0 Å². The van der Waals surface area contributed by atoms with Crippen molar-refractivity contribution in [3.63, 3.8) is 0 Å². The highest BCUT2D eigenvalue weighted by Crippen LogP contribution is 2.41. The third-order valence-corrected chi connectivity index (χ3v) is 4.54. The van der Waals surface area contributed by atoms with Crippen molar-refractivity contribution >= 4 is 0 Å². The molecule has 1 nitrogen and oxygen atoms in total. The molecule has 0 amide bonds. The molecule has 14 heavy (non-hydrogen) atoms. The summed E-state index contributed by atoms with van der Waals surface area (Å²) in [5, 5.41) is 9.90. The van der Waals surface area contributed by atoms with E-state index in [4.69, 9.17) is 0 Å². The molecule has 2 fully saturated rings. The van der Waals surface area contributed by atoms with E-state index in [1.54, 1.807) is 0 Å².